The van der Waals surface area contributed by atoms with Crippen molar-refractivity contribution in [3.8, 4) is 0 Å². The van der Waals surface area contributed by atoms with E-state index < -0.39 is 0 Å². The van der Waals surface area contributed by atoms with Crippen LogP contribution in [0, 0.1) is 0 Å². The SMILES string of the molecule is CC(C)(C)NC(N)=NC1CNC(=O)C1. The van der Waals surface area contributed by atoms with Crippen LogP contribution in [0.1, 0.15) is 27.2 Å². The van der Waals surface area contributed by atoms with E-state index in [1.807, 2.05) is 20.8 Å². The summed E-state index contributed by atoms with van der Waals surface area (Å²) in [6, 6.07) is -0.0163. The predicted octanol–water partition coefficient (Wildman–Crippen LogP) is -0.422. The molecule has 1 saturated heterocycles. The molecule has 0 aromatic heterocycles. The largest absolute Gasteiger partial charge is 0.370 e. The third kappa shape index (κ3) is 3.64. The Morgan fingerprint density at radius 3 is 2.71 bits per heavy atom. The van der Waals surface area contributed by atoms with Crippen LogP contribution in [-0.4, -0.2) is 30.0 Å². The molecule has 0 aromatic rings. The summed E-state index contributed by atoms with van der Waals surface area (Å²) in [4.78, 5) is 15.1. The van der Waals surface area contributed by atoms with Crippen LogP contribution < -0.4 is 16.4 Å². The Hall–Kier alpha value is -1.26. The van der Waals surface area contributed by atoms with E-state index in [2.05, 4.69) is 15.6 Å². The first kappa shape index (κ1) is 10.8. The van der Waals surface area contributed by atoms with E-state index in [-0.39, 0.29) is 17.5 Å². The van der Waals surface area contributed by atoms with Gasteiger partial charge in [0.15, 0.2) is 5.96 Å². The highest BCUT2D eigenvalue weighted by Gasteiger charge is 2.21. The van der Waals surface area contributed by atoms with Crippen LogP contribution in [0.2, 0.25) is 0 Å². The molecule has 0 spiro atoms. The third-order valence-electron chi connectivity index (χ3n) is 1.78. The molecule has 5 heteroatoms. The first-order valence-corrected chi connectivity index (χ1v) is 4.75. The number of aliphatic imine (C=N–C) groups is 1. The van der Waals surface area contributed by atoms with Gasteiger partial charge < -0.3 is 16.4 Å². The maximum atomic E-state index is 10.9. The van der Waals surface area contributed by atoms with Crippen molar-refractivity contribution in [2.24, 2.45) is 10.7 Å². The second kappa shape index (κ2) is 3.86. The number of carbonyl (C=O) groups excluding carboxylic acids is 1. The van der Waals surface area contributed by atoms with Gasteiger partial charge in [-0.3, -0.25) is 4.79 Å². The Morgan fingerprint density at radius 1 is 1.64 bits per heavy atom. The van der Waals surface area contributed by atoms with Crippen molar-refractivity contribution in [3.05, 3.63) is 0 Å². The molecule has 0 aliphatic carbocycles. The molecule has 1 fully saturated rings. The zero-order valence-electron chi connectivity index (χ0n) is 8.92. The van der Waals surface area contributed by atoms with Crippen LogP contribution in [0.3, 0.4) is 0 Å². The lowest BCUT2D eigenvalue weighted by Crippen LogP contribution is -2.45. The van der Waals surface area contributed by atoms with Crippen molar-refractivity contribution in [1.29, 1.82) is 0 Å². The molecular formula is C9H18N4O. The fourth-order valence-electron chi connectivity index (χ4n) is 1.29. The lowest BCUT2D eigenvalue weighted by molar-refractivity contribution is -0.119. The molecule has 1 rings (SSSR count). The average Bonchev–Trinajstić information content (AvgIpc) is 2.30. The molecule has 1 atom stereocenters. The molecule has 0 bridgehead atoms. The summed E-state index contributed by atoms with van der Waals surface area (Å²) in [5, 5.41) is 5.76. The molecule has 1 amide bonds. The van der Waals surface area contributed by atoms with Gasteiger partial charge in [-0.2, -0.15) is 0 Å². The minimum Gasteiger partial charge on any atom is -0.370 e. The maximum Gasteiger partial charge on any atom is 0.222 e. The number of guanidine groups is 1. The van der Waals surface area contributed by atoms with Crippen LogP contribution in [0.25, 0.3) is 0 Å². The normalized spacial score (nSPS) is 23.5. The molecule has 80 valence electrons. The van der Waals surface area contributed by atoms with Gasteiger partial charge in [0.1, 0.15) is 0 Å². The summed E-state index contributed by atoms with van der Waals surface area (Å²) in [5.74, 6) is 0.446. The van der Waals surface area contributed by atoms with Crippen LogP contribution in [0.5, 0.6) is 0 Å². The van der Waals surface area contributed by atoms with Gasteiger partial charge in [0, 0.05) is 12.1 Å². The first-order chi connectivity index (χ1) is 6.37. The summed E-state index contributed by atoms with van der Waals surface area (Å²) >= 11 is 0. The minimum atomic E-state index is -0.0936. The monoisotopic (exact) mass is 198 g/mol. The van der Waals surface area contributed by atoms with E-state index in [0.717, 1.165) is 0 Å². The number of amides is 1. The second-order valence-corrected chi connectivity index (χ2v) is 4.55. The lowest BCUT2D eigenvalue weighted by Gasteiger charge is -2.21. The van der Waals surface area contributed by atoms with Gasteiger partial charge in [0.05, 0.1) is 12.5 Å². The summed E-state index contributed by atoms with van der Waals surface area (Å²) in [5.41, 5.74) is 5.59. The van der Waals surface area contributed by atoms with Gasteiger partial charge in [-0.1, -0.05) is 0 Å². The van der Waals surface area contributed by atoms with Gasteiger partial charge in [-0.15, -0.1) is 0 Å². The number of nitrogens with one attached hydrogen (secondary N) is 2. The zero-order chi connectivity index (χ0) is 10.8. The van der Waals surface area contributed by atoms with Crippen molar-refractivity contribution >= 4 is 11.9 Å². The highest BCUT2D eigenvalue weighted by atomic mass is 16.1. The van der Waals surface area contributed by atoms with Gasteiger partial charge in [0.25, 0.3) is 0 Å². The van der Waals surface area contributed by atoms with Gasteiger partial charge in [0.2, 0.25) is 5.91 Å². The maximum absolute atomic E-state index is 10.9. The molecule has 14 heavy (non-hydrogen) atoms. The second-order valence-electron chi connectivity index (χ2n) is 4.55. The number of nitrogens with zero attached hydrogens (tertiary/aromatic N) is 1. The Morgan fingerprint density at radius 2 is 2.29 bits per heavy atom. The van der Waals surface area contributed by atoms with Gasteiger partial charge in [-0.05, 0) is 20.8 Å². The van der Waals surface area contributed by atoms with Crippen molar-refractivity contribution in [2.75, 3.05) is 6.54 Å². The van der Waals surface area contributed by atoms with Crippen molar-refractivity contribution in [3.63, 3.8) is 0 Å². The number of hydrogen-bond donors (Lipinski definition) is 3. The molecule has 0 saturated carbocycles. The number of carbonyl (C=O) groups is 1. The van der Waals surface area contributed by atoms with E-state index >= 15 is 0 Å². The third-order valence-corrected chi connectivity index (χ3v) is 1.78. The Labute approximate surface area is 84.1 Å². The summed E-state index contributed by atoms with van der Waals surface area (Å²) in [7, 11) is 0. The zero-order valence-corrected chi connectivity index (χ0v) is 8.92. The van der Waals surface area contributed by atoms with Crippen LogP contribution in [0.15, 0.2) is 4.99 Å². The first-order valence-electron chi connectivity index (χ1n) is 4.75. The van der Waals surface area contributed by atoms with E-state index in [1.54, 1.807) is 0 Å². The van der Waals surface area contributed by atoms with Crippen LogP contribution in [-0.2, 0) is 4.79 Å². The molecule has 1 aliphatic rings. The summed E-state index contributed by atoms with van der Waals surface area (Å²) < 4.78 is 0. The van der Waals surface area contributed by atoms with Crippen molar-refractivity contribution in [1.82, 2.24) is 10.6 Å². The number of rotatable bonds is 1. The highest BCUT2D eigenvalue weighted by Crippen LogP contribution is 2.04. The van der Waals surface area contributed by atoms with Gasteiger partial charge in [-0.25, -0.2) is 4.99 Å². The highest BCUT2D eigenvalue weighted by molar-refractivity contribution is 5.82. The molecule has 1 heterocycles. The van der Waals surface area contributed by atoms with Gasteiger partial charge >= 0.3 is 0 Å². The number of hydrogen-bond acceptors (Lipinski definition) is 2. The van der Waals surface area contributed by atoms with E-state index in [1.165, 1.54) is 0 Å². The molecule has 5 nitrogen and oxygen atoms in total. The van der Waals surface area contributed by atoms with Crippen molar-refractivity contribution < 1.29 is 4.79 Å². The van der Waals surface area contributed by atoms with E-state index in [9.17, 15) is 4.79 Å². The lowest BCUT2D eigenvalue weighted by atomic mass is 10.1. The summed E-state index contributed by atoms with van der Waals surface area (Å²) in [6.07, 6.45) is 0.437. The Kier molecular flexibility index (Phi) is 2.98. The molecule has 1 aliphatic heterocycles. The summed E-state index contributed by atoms with van der Waals surface area (Å²) in [6.45, 7) is 6.61. The van der Waals surface area contributed by atoms with E-state index in [0.29, 0.717) is 18.9 Å². The average molecular weight is 198 g/mol. The molecule has 4 N–H and O–H groups in total. The van der Waals surface area contributed by atoms with Crippen molar-refractivity contribution in [2.45, 2.75) is 38.8 Å². The smallest absolute Gasteiger partial charge is 0.222 e. The predicted molar refractivity (Wildman–Crippen MR) is 55.9 cm³/mol. The topological polar surface area (TPSA) is 79.5 Å². The molecular weight excluding hydrogens is 180 g/mol. The standard InChI is InChI=1S/C9H18N4O/c1-9(2,3)13-8(10)12-6-4-7(14)11-5-6/h6H,4-5H2,1-3H3,(H,11,14)(H3,10,12,13). The van der Waals surface area contributed by atoms with Crippen LogP contribution in [0.4, 0.5) is 0 Å². The minimum absolute atomic E-state index is 0.0163. The Bertz CT molecular complexity index is 254. The quantitative estimate of drug-likeness (QED) is 0.395. The van der Waals surface area contributed by atoms with Crippen LogP contribution >= 0.6 is 0 Å². The molecule has 0 radical (unpaired) electrons. The number of nitrogens with two attached hydrogens (primary N) is 1. The fraction of sp³-hybridized carbons (Fsp3) is 0.778. The Balaban J connectivity index is 2.47. The molecule has 0 aromatic carbocycles. The fourth-order valence-corrected chi connectivity index (χ4v) is 1.29. The molecule has 1 unspecified atom stereocenters. The van der Waals surface area contributed by atoms with E-state index in [4.69, 9.17) is 5.73 Å².